The Labute approximate surface area is 109 Å². The highest BCUT2D eigenvalue weighted by atomic mass is 16.4. The third-order valence-corrected chi connectivity index (χ3v) is 4.06. The molecule has 1 N–H and O–H groups in total. The van der Waals surface area contributed by atoms with Crippen LogP contribution in [0.3, 0.4) is 0 Å². The van der Waals surface area contributed by atoms with Crippen LogP contribution in [0.5, 0.6) is 0 Å². The van der Waals surface area contributed by atoms with Gasteiger partial charge in [0, 0.05) is 12.7 Å². The van der Waals surface area contributed by atoms with Gasteiger partial charge in [-0.25, -0.2) is 4.79 Å². The van der Waals surface area contributed by atoms with Gasteiger partial charge in [-0.3, -0.25) is 0 Å². The fourth-order valence-electron chi connectivity index (χ4n) is 3.53. The van der Waals surface area contributed by atoms with Gasteiger partial charge in [0.05, 0.1) is 0 Å². The Hall–Kier alpha value is -1.25. The quantitative estimate of drug-likeness (QED) is 0.862. The summed E-state index contributed by atoms with van der Waals surface area (Å²) in [6, 6.07) is 3.53. The van der Waals surface area contributed by atoms with Crippen LogP contribution in [-0.2, 0) is 6.54 Å². The molecule has 18 heavy (non-hydrogen) atoms. The lowest BCUT2D eigenvalue weighted by atomic mass is 9.78. The summed E-state index contributed by atoms with van der Waals surface area (Å²) in [6.07, 6.45) is 8.16. The third-order valence-electron chi connectivity index (χ3n) is 4.06. The third kappa shape index (κ3) is 2.77. The molecule has 1 aliphatic carbocycles. The summed E-state index contributed by atoms with van der Waals surface area (Å²) in [5.74, 6) is -0.148. The molecule has 0 bridgehead atoms. The number of rotatable bonds is 5. The zero-order valence-corrected chi connectivity index (χ0v) is 11.4. The van der Waals surface area contributed by atoms with Crippen LogP contribution in [0.15, 0.2) is 18.3 Å². The van der Waals surface area contributed by atoms with E-state index in [2.05, 4.69) is 13.8 Å². The van der Waals surface area contributed by atoms with Gasteiger partial charge in [0.1, 0.15) is 5.69 Å². The number of nitrogens with zero attached hydrogens (tertiary/aromatic N) is 1. The van der Waals surface area contributed by atoms with Crippen molar-refractivity contribution < 1.29 is 9.90 Å². The molecule has 3 nitrogen and oxygen atoms in total. The molecule has 2 rings (SSSR count). The molecule has 1 aromatic rings. The number of aromatic carboxylic acids is 1. The first-order valence-corrected chi connectivity index (χ1v) is 6.91. The van der Waals surface area contributed by atoms with Crippen molar-refractivity contribution in [2.24, 2.45) is 11.3 Å². The molecule has 1 fully saturated rings. The van der Waals surface area contributed by atoms with Crippen molar-refractivity contribution in [3.63, 3.8) is 0 Å². The van der Waals surface area contributed by atoms with Crippen molar-refractivity contribution in [3.05, 3.63) is 24.0 Å². The van der Waals surface area contributed by atoms with E-state index in [9.17, 15) is 9.90 Å². The molecule has 0 atom stereocenters. The summed E-state index contributed by atoms with van der Waals surface area (Å²) in [7, 11) is 0. The molecule has 3 heteroatoms. The van der Waals surface area contributed by atoms with Gasteiger partial charge in [0.25, 0.3) is 0 Å². The van der Waals surface area contributed by atoms with Crippen LogP contribution in [0.4, 0.5) is 0 Å². The van der Waals surface area contributed by atoms with Crippen LogP contribution >= 0.6 is 0 Å². The first kappa shape index (κ1) is 13.2. The van der Waals surface area contributed by atoms with E-state index < -0.39 is 5.97 Å². The summed E-state index contributed by atoms with van der Waals surface area (Å²) >= 11 is 0. The van der Waals surface area contributed by atoms with Gasteiger partial charge in [-0.1, -0.05) is 26.7 Å². The van der Waals surface area contributed by atoms with Gasteiger partial charge in [0.15, 0.2) is 0 Å². The molecule has 1 heterocycles. The Balaban J connectivity index is 2.18. The Morgan fingerprint density at radius 2 is 2.11 bits per heavy atom. The van der Waals surface area contributed by atoms with E-state index in [0.717, 1.165) is 6.54 Å². The highest BCUT2D eigenvalue weighted by Crippen LogP contribution is 2.44. The predicted molar refractivity (Wildman–Crippen MR) is 71.7 cm³/mol. The normalized spacial score (nSPS) is 18.4. The monoisotopic (exact) mass is 249 g/mol. The van der Waals surface area contributed by atoms with Crippen LogP contribution in [0.2, 0.25) is 0 Å². The highest BCUT2D eigenvalue weighted by Gasteiger charge is 2.35. The zero-order valence-electron chi connectivity index (χ0n) is 11.4. The molecule has 1 aromatic heterocycles. The summed E-state index contributed by atoms with van der Waals surface area (Å²) < 4.78 is 1.93. The second kappa shape index (κ2) is 5.17. The SMILES string of the molecule is CC(C)CC1(Cn2cccc2C(=O)O)CCCC1. The van der Waals surface area contributed by atoms with Gasteiger partial charge in [-0.05, 0) is 42.7 Å². The molecule has 0 aromatic carbocycles. The maximum atomic E-state index is 11.2. The molecule has 0 amide bonds. The standard InChI is InChI=1S/C15H23NO2/c1-12(2)10-15(7-3-4-8-15)11-16-9-5-6-13(16)14(17)18/h5-6,9,12H,3-4,7-8,10-11H2,1-2H3,(H,17,18). The highest BCUT2D eigenvalue weighted by molar-refractivity contribution is 5.85. The van der Waals surface area contributed by atoms with Crippen LogP contribution in [0.1, 0.15) is 56.4 Å². The molecule has 1 saturated carbocycles. The van der Waals surface area contributed by atoms with Crippen molar-refractivity contribution >= 4 is 5.97 Å². The molecular formula is C15H23NO2. The lowest BCUT2D eigenvalue weighted by Gasteiger charge is -2.32. The minimum absolute atomic E-state index is 0.317. The van der Waals surface area contributed by atoms with Crippen LogP contribution in [0.25, 0.3) is 0 Å². The lowest BCUT2D eigenvalue weighted by Crippen LogP contribution is -2.26. The number of hydrogen-bond donors (Lipinski definition) is 1. The number of aromatic nitrogens is 1. The summed E-state index contributed by atoms with van der Waals surface area (Å²) in [4.78, 5) is 11.2. The van der Waals surface area contributed by atoms with Gasteiger partial charge in [0.2, 0.25) is 0 Å². The van der Waals surface area contributed by atoms with Crippen molar-refractivity contribution in [1.29, 1.82) is 0 Å². The largest absolute Gasteiger partial charge is 0.477 e. The number of carboxylic acid groups (broad SMARTS) is 1. The van der Waals surface area contributed by atoms with Crippen LogP contribution < -0.4 is 0 Å². The first-order valence-electron chi connectivity index (χ1n) is 6.91. The van der Waals surface area contributed by atoms with E-state index >= 15 is 0 Å². The van der Waals surface area contributed by atoms with E-state index in [1.807, 2.05) is 16.8 Å². The second-order valence-corrected chi connectivity index (χ2v) is 6.13. The minimum Gasteiger partial charge on any atom is -0.477 e. The molecule has 0 aliphatic heterocycles. The fourth-order valence-corrected chi connectivity index (χ4v) is 3.53. The minimum atomic E-state index is -0.822. The average molecular weight is 249 g/mol. The van der Waals surface area contributed by atoms with Gasteiger partial charge in [-0.2, -0.15) is 0 Å². The van der Waals surface area contributed by atoms with Crippen molar-refractivity contribution in [1.82, 2.24) is 4.57 Å². The molecule has 0 spiro atoms. The van der Waals surface area contributed by atoms with Gasteiger partial charge >= 0.3 is 5.97 Å². The van der Waals surface area contributed by atoms with Crippen molar-refractivity contribution in [2.75, 3.05) is 0 Å². The van der Waals surface area contributed by atoms with E-state index in [4.69, 9.17) is 0 Å². The smallest absolute Gasteiger partial charge is 0.352 e. The molecule has 100 valence electrons. The maximum Gasteiger partial charge on any atom is 0.352 e. The molecule has 1 aliphatic rings. The van der Waals surface area contributed by atoms with Crippen molar-refractivity contribution in [3.8, 4) is 0 Å². The second-order valence-electron chi connectivity index (χ2n) is 6.13. The van der Waals surface area contributed by atoms with Crippen LogP contribution in [-0.4, -0.2) is 15.6 Å². The van der Waals surface area contributed by atoms with Gasteiger partial charge < -0.3 is 9.67 Å². The maximum absolute atomic E-state index is 11.2. The zero-order chi connectivity index (χ0) is 13.2. The Morgan fingerprint density at radius 1 is 1.44 bits per heavy atom. The first-order chi connectivity index (χ1) is 8.52. The topological polar surface area (TPSA) is 42.2 Å². The lowest BCUT2D eigenvalue weighted by molar-refractivity contribution is 0.0679. The summed E-state index contributed by atoms with van der Waals surface area (Å²) in [5, 5.41) is 9.17. The van der Waals surface area contributed by atoms with E-state index in [1.165, 1.54) is 32.1 Å². The van der Waals surface area contributed by atoms with E-state index in [0.29, 0.717) is 17.0 Å². The van der Waals surface area contributed by atoms with Gasteiger partial charge in [-0.15, -0.1) is 0 Å². The average Bonchev–Trinajstić information content (AvgIpc) is 2.87. The number of hydrogen-bond acceptors (Lipinski definition) is 1. The molecule has 0 unspecified atom stereocenters. The summed E-state index contributed by atoms with van der Waals surface area (Å²) in [5.41, 5.74) is 0.738. The predicted octanol–water partition coefficient (Wildman–Crippen LogP) is 3.79. The Bertz CT molecular complexity index is 414. The fraction of sp³-hybridized carbons (Fsp3) is 0.667. The Kier molecular flexibility index (Phi) is 3.79. The van der Waals surface area contributed by atoms with E-state index in [-0.39, 0.29) is 0 Å². The molecular weight excluding hydrogens is 226 g/mol. The molecule has 0 saturated heterocycles. The Morgan fingerprint density at radius 3 is 2.67 bits per heavy atom. The van der Waals surface area contributed by atoms with E-state index in [1.54, 1.807) is 6.07 Å². The molecule has 0 radical (unpaired) electrons. The van der Waals surface area contributed by atoms with Crippen LogP contribution in [0, 0.1) is 11.3 Å². The summed E-state index contributed by atoms with van der Waals surface area (Å²) in [6.45, 7) is 5.38. The van der Waals surface area contributed by atoms with Crippen molar-refractivity contribution in [2.45, 2.75) is 52.5 Å². The number of carboxylic acids is 1. The number of carbonyl (C=O) groups is 1.